The molecule has 4 aromatic rings. The van der Waals surface area contributed by atoms with Crippen molar-refractivity contribution in [2.24, 2.45) is 0 Å². The summed E-state index contributed by atoms with van der Waals surface area (Å²) in [6.45, 7) is -0.526. The van der Waals surface area contributed by atoms with Gasteiger partial charge < -0.3 is 5.32 Å². The van der Waals surface area contributed by atoms with Crippen LogP contribution in [0.2, 0.25) is 5.02 Å². The number of nitrogens with zero attached hydrogens (tertiary/aromatic N) is 2. The number of carbonyl (C=O) groups is 1. The van der Waals surface area contributed by atoms with Crippen molar-refractivity contribution in [1.82, 2.24) is 14.5 Å². The van der Waals surface area contributed by atoms with Gasteiger partial charge in [0.25, 0.3) is 5.56 Å². The molecule has 32 heavy (non-hydrogen) atoms. The molecular weight excluding hydrogens is 460 g/mol. The molecule has 10 heteroatoms. The molecule has 0 atom stereocenters. The number of halogens is 3. The average Bonchev–Trinajstić information content (AvgIpc) is 3.26. The Morgan fingerprint density at radius 2 is 1.81 bits per heavy atom. The number of amides is 1. The fourth-order valence-corrected chi connectivity index (χ4v) is 4.32. The molecule has 0 unspecified atom stereocenters. The zero-order chi connectivity index (χ0) is 22.8. The minimum atomic E-state index is -0.718. The van der Waals surface area contributed by atoms with Gasteiger partial charge in [0.2, 0.25) is 5.91 Å². The second-order valence-corrected chi connectivity index (χ2v) is 8.33. The molecule has 1 N–H and O–H groups in total. The summed E-state index contributed by atoms with van der Waals surface area (Å²) in [5, 5.41) is 4.23. The number of thiophene rings is 1. The van der Waals surface area contributed by atoms with Crippen LogP contribution in [0.3, 0.4) is 0 Å². The third kappa shape index (κ3) is 4.35. The van der Waals surface area contributed by atoms with Crippen LogP contribution < -0.4 is 16.6 Å². The molecule has 0 aliphatic heterocycles. The molecule has 0 saturated carbocycles. The Kier molecular flexibility index (Phi) is 6.20. The fraction of sp³-hybridized carbons (Fsp3) is 0.136. The molecule has 1 amide bonds. The highest BCUT2D eigenvalue weighted by atomic mass is 35.5. The Bertz CT molecular complexity index is 1440. The van der Waals surface area contributed by atoms with Gasteiger partial charge in [0.1, 0.15) is 22.9 Å². The van der Waals surface area contributed by atoms with Gasteiger partial charge in [-0.05, 0) is 35.2 Å². The lowest BCUT2D eigenvalue weighted by atomic mass is 10.2. The van der Waals surface area contributed by atoms with E-state index in [9.17, 15) is 23.2 Å². The van der Waals surface area contributed by atoms with Crippen LogP contribution in [-0.2, 0) is 24.4 Å². The lowest BCUT2D eigenvalue weighted by molar-refractivity contribution is -0.121. The summed E-state index contributed by atoms with van der Waals surface area (Å²) in [5.41, 5.74) is -0.158. The Hall–Kier alpha value is -3.30. The van der Waals surface area contributed by atoms with E-state index in [1.54, 1.807) is 17.5 Å². The Morgan fingerprint density at radius 1 is 1.03 bits per heavy atom. The van der Waals surface area contributed by atoms with Crippen LogP contribution in [0.15, 0.2) is 63.5 Å². The van der Waals surface area contributed by atoms with E-state index in [-0.39, 0.29) is 30.2 Å². The van der Waals surface area contributed by atoms with Crippen LogP contribution in [0.25, 0.3) is 10.2 Å². The smallest absolute Gasteiger partial charge is 0.332 e. The standard InChI is InChI=1S/C22H16ClF2N3O3S/c23-15-9-13(5-6-17(15)25)10-26-19(29)12-27-18-7-8-32-20(18)21(30)28(22(27)31)11-14-3-1-2-4-16(14)24/h1-9H,10-12H2,(H,26,29). The van der Waals surface area contributed by atoms with Crippen LogP contribution in [0.5, 0.6) is 0 Å². The molecule has 2 aromatic heterocycles. The Morgan fingerprint density at radius 3 is 2.56 bits per heavy atom. The van der Waals surface area contributed by atoms with E-state index < -0.39 is 28.8 Å². The summed E-state index contributed by atoms with van der Waals surface area (Å²) in [6.07, 6.45) is 0. The number of rotatable bonds is 6. The largest absolute Gasteiger partial charge is 0.350 e. The van der Waals surface area contributed by atoms with Crippen LogP contribution in [0.4, 0.5) is 8.78 Å². The molecule has 0 spiro atoms. The molecule has 4 rings (SSSR count). The summed E-state index contributed by atoms with van der Waals surface area (Å²) >= 11 is 6.89. The van der Waals surface area contributed by atoms with E-state index in [4.69, 9.17) is 11.6 Å². The Balaban J connectivity index is 1.63. The molecule has 164 valence electrons. The molecule has 6 nitrogen and oxygen atoms in total. The van der Waals surface area contributed by atoms with Crippen LogP contribution in [0.1, 0.15) is 11.1 Å². The average molecular weight is 476 g/mol. The molecule has 0 fully saturated rings. The van der Waals surface area contributed by atoms with Gasteiger partial charge in [0, 0.05) is 12.1 Å². The lowest BCUT2D eigenvalue weighted by Gasteiger charge is -2.13. The predicted octanol–water partition coefficient (Wildman–Crippen LogP) is 3.52. The van der Waals surface area contributed by atoms with Gasteiger partial charge in [0.15, 0.2) is 0 Å². The molecule has 0 radical (unpaired) electrons. The van der Waals surface area contributed by atoms with Crippen LogP contribution in [0, 0.1) is 11.6 Å². The molecule has 0 saturated heterocycles. The van der Waals surface area contributed by atoms with Gasteiger partial charge >= 0.3 is 5.69 Å². The number of fused-ring (bicyclic) bond motifs is 1. The van der Waals surface area contributed by atoms with Crippen molar-refractivity contribution in [2.45, 2.75) is 19.6 Å². The van der Waals surface area contributed by atoms with E-state index in [2.05, 4.69) is 5.32 Å². The van der Waals surface area contributed by atoms with Gasteiger partial charge in [-0.1, -0.05) is 35.9 Å². The summed E-state index contributed by atoms with van der Waals surface area (Å²) in [7, 11) is 0. The van der Waals surface area contributed by atoms with E-state index in [1.807, 2.05) is 0 Å². The number of nitrogens with one attached hydrogen (secondary N) is 1. The monoisotopic (exact) mass is 475 g/mol. The highest BCUT2D eigenvalue weighted by Crippen LogP contribution is 2.17. The number of carbonyl (C=O) groups excluding carboxylic acids is 1. The second-order valence-electron chi connectivity index (χ2n) is 7.01. The number of hydrogen-bond donors (Lipinski definition) is 1. The summed E-state index contributed by atoms with van der Waals surface area (Å²) in [6, 6.07) is 11.5. The van der Waals surface area contributed by atoms with Gasteiger partial charge in [0.05, 0.1) is 17.1 Å². The fourth-order valence-electron chi connectivity index (χ4n) is 3.27. The third-order valence-electron chi connectivity index (χ3n) is 4.90. The minimum Gasteiger partial charge on any atom is -0.350 e. The first-order valence-electron chi connectivity index (χ1n) is 9.50. The first-order chi connectivity index (χ1) is 15.3. The van der Waals surface area contributed by atoms with Crippen LogP contribution in [-0.4, -0.2) is 15.0 Å². The SMILES string of the molecule is O=C(Cn1c(=O)n(Cc2ccccc2F)c(=O)c2sccc21)NCc1ccc(F)c(Cl)c1. The second kappa shape index (κ2) is 9.05. The van der Waals surface area contributed by atoms with E-state index >= 15 is 0 Å². The van der Waals surface area contributed by atoms with Crippen molar-refractivity contribution in [2.75, 3.05) is 0 Å². The molecule has 2 heterocycles. The van der Waals surface area contributed by atoms with Crippen LogP contribution >= 0.6 is 22.9 Å². The highest BCUT2D eigenvalue weighted by molar-refractivity contribution is 7.17. The first-order valence-corrected chi connectivity index (χ1v) is 10.8. The van der Waals surface area contributed by atoms with E-state index in [0.717, 1.165) is 15.9 Å². The maximum atomic E-state index is 14.1. The van der Waals surface area contributed by atoms with Crippen molar-refractivity contribution >= 4 is 39.1 Å². The minimum absolute atomic E-state index is 0.0619. The summed E-state index contributed by atoms with van der Waals surface area (Å²) < 4.78 is 29.8. The molecular formula is C22H16ClF2N3O3S. The highest BCUT2D eigenvalue weighted by Gasteiger charge is 2.17. The van der Waals surface area contributed by atoms with E-state index in [0.29, 0.717) is 15.8 Å². The zero-order valence-corrected chi connectivity index (χ0v) is 18.1. The first kappa shape index (κ1) is 21.9. The summed E-state index contributed by atoms with van der Waals surface area (Å²) in [4.78, 5) is 38.4. The predicted molar refractivity (Wildman–Crippen MR) is 119 cm³/mol. The van der Waals surface area contributed by atoms with Crippen molar-refractivity contribution in [3.63, 3.8) is 0 Å². The maximum absolute atomic E-state index is 14.1. The molecule has 0 aliphatic rings. The molecule has 0 aliphatic carbocycles. The topological polar surface area (TPSA) is 73.1 Å². The quantitative estimate of drug-likeness (QED) is 0.464. The van der Waals surface area contributed by atoms with Gasteiger partial charge in [-0.2, -0.15) is 0 Å². The third-order valence-corrected chi connectivity index (χ3v) is 6.08. The van der Waals surface area contributed by atoms with Crippen molar-refractivity contribution in [1.29, 1.82) is 0 Å². The van der Waals surface area contributed by atoms with Gasteiger partial charge in [-0.15, -0.1) is 11.3 Å². The molecule has 0 bridgehead atoms. The lowest BCUT2D eigenvalue weighted by Crippen LogP contribution is -2.42. The zero-order valence-electron chi connectivity index (χ0n) is 16.5. The van der Waals surface area contributed by atoms with Crippen molar-refractivity contribution in [3.8, 4) is 0 Å². The molecule has 2 aromatic carbocycles. The van der Waals surface area contributed by atoms with E-state index in [1.165, 1.54) is 41.0 Å². The van der Waals surface area contributed by atoms with Gasteiger partial charge in [-0.3, -0.25) is 18.7 Å². The number of aromatic nitrogens is 2. The number of hydrogen-bond acceptors (Lipinski definition) is 4. The number of benzene rings is 2. The van der Waals surface area contributed by atoms with Gasteiger partial charge in [-0.25, -0.2) is 13.6 Å². The normalized spacial score (nSPS) is 11.1. The Labute approximate surface area is 189 Å². The van der Waals surface area contributed by atoms with Crippen molar-refractivity contribution in [3.05, 3.63) is 103 Å². The maximum Gasteiger partial charge on any atom is 0.332 e. The summed E-state index contributed by atoms with van der Waals surface area (Å²) in [5.74, 6) is -1.59. The van der Waals surface area contributed by atoms with Crippen molar-refractivity contribution < 1.29 is 13.6 Å².